The van der Waals surface area contributed by atoms with Crippen molar-refractivity contribution in [2.75, 3.05) is 13.1 Å². The number of carbonyl (C=O) groups excluding carboxylic acids is 3. The average Bonchev–Trinajstić information content (AvgIpc) is 3.39. The molecule has 1 aromatic carbocycles. The van der Waals surface area contributed by atoms with Gasteiger partial charge in [-0.1, -0.05) is 38.1 Å². The van der Waals surface area contributed by atoms with E-state index in [1.807, 2.05) is 12.1 Å². The van der Waals surface area contributed by atoms with Gasteiger partial charge in [-0.2, -0.15) is 0 Å². The van der Waals surface area contributed by atoms with Crippen LogP contribution in [0.4, 0.5) is 0 Å². The molecular weight excluding hydrogens is 406 g/mol. The van der Waals surface area contributed by atoms with Crippen LogP contribution in [0, 0.1) is 11.8 Å². The molecule has 2 bridgehead atoms. The molecule has 3 saturated heterocycles. The molecule has 3 aliphatic rings. The Kier molecular flexibility index (Phi) is 6.84. The van der Waals surface area contributed by atoms with E-state index in [4.69, 9.17) is 10.5 Å². The lowest BCUT2D eigenvalue weighted by molar-refractivity contribution is -0.142. The lowest BCUT2D eigenvalue weighted by Gasteiger charge is -2.18. The molecule has 8 heteroatoms. The average molecular weight is 436 g/mol. The van der Waals surface area contributed by atoms with Gasteiger partial charge >= 0.3 is 0 Å². The Bertz CT molecular complexity index is 785. The fourth-order valence-electron chi connectivity index (χ4n) is 4.77. The number of hydrogen-bond donors (Lipinski definition) is 2. The van der Waals surface area contributed by atoms with Crippen molar-refractivity contribution in [2.24, 2.45) is 17.6 Å². The van der Waals surface area contributed by atoms with Crippen LogP contribution < -0.4 is 11.1 Å². The third kappa shape index (κ3) is 4.11. The van der Waals surface area contributed by atoms with Crippen LogP contribution in [-0.4, -0.2) is 47.9 Å². The molecule has 0 aliphatic carbocycles. The molecule has 0 radical (unpaired) electrons. The number of ether oxygens (including phenoxy) is 1. The van der Waals surface area contributed by atoms with Crippen molar-refractivity contribution in [3.63, 3.8) is 0 Å². The fraction of sp³-hybridized carbons (Fsp3) is 0.591. The largest absolute Gasteiger partial charge is 0.373 e. The summed E-state index contributed by atoms with van der Waals surface area (Å²) in [5.74, 6) is -0.796. The van der Waals surface area contributed by atoms with Crippen LogP contribution in [0.15, 0.2) is 24.3 Å². The number of imide groups is 1. The van der Waals surface area contributed by atoms with Crippen molar-refractivity contribution in [1.29, 1.82) is 0 Å². The summed E-state index contributed by atoms with van der Waals surface area (Å²) in [6.45, 7) is 4.70. The Morgan fingerprint density at radius 1 is 1.10 bits per heavy atom. The molecule has 30 heavy (non-hydrogen) atoms. The van der Waals surface area contributed by atoms with E-state index in [1.54, 1.807) is 0 Å². The van der Waals surface area contributed by atoms with Crippen molar-refractivity contribution in [1.82, 2.24) is 10.2 Å². The molecule has 164 valence electrons. The van der Waals surface area contributed by atoms with Gasteiger partial charge in [-0.15, -0.1) is 12.4 Å². The maximum atomic E-state index is 12.6. The number of hydrogen-bond acceptors (Lipinski definition) is 5. The van der Waals surface area contributed by atoms with Gasteiger partial charge in [0.25, 0.3) is 0 Å². The topological polar surface area (TPSA) is 102 Å². The smallest absolute Gasteiger partial charge is 0.235 e. The summed E-state index contributed by atoms with van der Waals surface area (Å²) >= 11 is 0. The first-order valence-electron chi connectivity index (χ1n) is 10.5. The molecule has 7 nitrogen and oxygen atoms in total. The standard InChI is InChI=1S/C22H29N3O4.ClH/c1-12(2)13-3-5-14(6-4-13)15(23)11-24-18(26)9-10-25-21(27)19-16-7-8-17(29-16)20(19)22(25)28;/h3-6,12,15-17,19-20H,7-11,23H2,1-2H3,(H,24,26);1H. The molecule has 0 saturated carbocycles. The number of nitrogens with zero attached hydrogens (tertiary/aromatic N) is 1. The van der Waals surface area contributed by atoms with Crippen molar-refractivity contribution in [3.05, 3.63) is 35.4 Å². The third-order valence-corrected chi connectivity index (χ3v) is 6.49. The predicted octanol–water partition coefficient (Wildman–Crippen LogP) is 1.90. The zero-order valence-electron chi connectivity index (χ0n) is 17.4. The number of likely N-dealkylation sites (tertiary alicyclic amines) is 1. The Labute approximate surface area is 183 Å². The normalized spacial score (nSPS) is 27.9. The van der Waals surface area contributed by atoms with Crippen LogP contribution in [0.2, 0.25) is 0 Å². The van der Waals surface area contributed by atoms with E-state index in [9.17, 15) is 14.4 Å². The minimum atomic E-state index is -0.341. The first-order valence-corrected chi connectivity index (χ1v) is 10.5. The maximum absolute atomic E-state index is 12.6. The van der Waals surface area contributed by atoms with E-state index in [0.29, 0.717) is 12.5 Å². The van der Waals surface area contributed by atoms with Gasteiger partial charge in [0.05, 0.1) is 24.0 Å². The minimum Gasteiger partial charge on any atom is -0.373 e. The van der Waals surface area contributed by atoms with E-state index >= 15 is 0 Å². The Morgan fingerprint density at radius 3 is 2.17 bits per heavy atom. The van der Waals surface area contributed by atoms with Gasteiger partial charge in [0.2, 0.25) is 17.7 Å². The Balaban J connectivity index is 0.00000256. The predicted molar refractivity (Wildman–Crippen MR) is 114 cm³/mol. The van der Waals surface area contributed by atoms with Crippen molar-refractivity contribution in [3.8, 4) is 0 Å². The summed E-state index contributed by atoms with van der Waals surface area (Å²) in [5.41, 5.74) is 8.39. The number of nitrogens with two attached hydrogens (primary N) is 1. The first kappa shape index (κ1) is 22.7. The monoisotopic (exact) mass is 435 g/mol. The SMILES string of the molecule is CC(C)c1ccc(C(N)CNC(=O)CCN2C(=O)C3C4CCC(O4)C3C2=O)cc1.Cl. The highest BCUT2D eigenvalue weighted by molar-refractivity contribution is 6.06. The molecule has 3 N–H and O–H groups in total. The van der Waals surface area contributed by atoms with E-state index in [-0.39, 0.29) is 73.2 Å². The number of rotatable bonds is 7. The molecule has 3 amide bonds. The highest BCUT2D eigenvalue weighted by atomic mass is 35.5. The van der Waals surface area contributed by atoms with Crippen LogP contribution >= 0.6 is 12.4 Å². The van der Waals surface area contributed by atoms with Gasteiger partial charge in [-0.05, 0) is 29.9 Å². The number of benzene rings is 1. The summed E-state index contributed by atoms with van der Waals surface area (Å²) in [4.78, 5) is 38.7. The molecule has 3 fully saturated rings. The number of fused-ring (bicyclic) bond motifs is 5. The summed E-state index contributed by atoms with van der Waals surface area (Å²) in [7, 11) is 0. The first-order chi connectivity index (χ1) is 13.9. The summed E-state index contributed by atoms with van der Waals surface area (Å²) < 4.78 is 5.72. The molecule has 5 unspecified atom stereocenters. The number of carbonyl (C=O) groups is 3. The summed E-state index contributed by atoms with van der Waals surface area (Å²) in [5, 5.41) is 2.81. The molecule has 3 heterocycles. The number of amides is 3. The Hall–Kier alpha value is -1.96. The quantitative estimate of drug-likeness (QED) is 0.637. The molecule has 4 rings (SSSR count). The van der Waals surface area contributed by atoms with Crippen LogP contribution in [-0.2, 0) is 19.1 Å². The second-order valence-electron chi connectivity index (χ2n) is 8.65. The number of halogens is 1. The van der Waals surface area contributed by atoms with Crippen LogP contribution in [0.1, 0.15) is 56.2 Å². The van der Waals surface area contributed by atoms with Crippen LogP contribution in [0.25, 0.3) is 0 Å². The van der Waals surface area contributed by atoms with Gasteiger partial charge in [0, 0.05) is 25.6 Å². The highest BCUT2D eigenvalue weighted by Crippen LogP contribution is 2.48. The number of nitrogens with one attached hydrogen (secondary N) is 1. The molecule has 1 aromatic rings. The van der Waals surface area contributed by atoms with E-state index in [1.165, 1.54) is 10.5 Å². The second-order valence-corrected chi connectivity index (χ2v) is 8.65. The van der Waals surface area contributed by atoms with E-state index < -0.39 is 0 Å². The lowest BCUT2D eigenvalue weighted by Crippen LogP contribution is -2.38. The van der Waals surface area contributed by atoms with Crippen LogP contribution in [0.5, 0.6) is 0 Å². The zero-order chi connectivity index (χ0) is 20.7. The fourth-order valence-corrected chi connectivity index (χ4v) is 4.77. The van der Waals surface area contributed by atoms with Gasteiger partial charge < -0.3 is 15.8 Å². The van der Waals surface area contributed by atoms with Crippen molar-refractivity contribution < 1.29 is 19.1 Å². The zero-order valence-corrected chi connectivity index (χ0v) is 18.2. The third-order valence-electron chi connectivity index (χ3n) is 6.49. The summed E-state index contributed by atoms with van der Waals surface area (Å²) in [6.07, 6.45) is 1.53. The molecule has 3 aliphatic heterocycles. The van der Waals surface area contributed by atoms with Gasteiger partial charge in [0.15, 0.2) is 0 Å². The van der Waals surface area contributed by atoms with Crippen molar-refractivity contribution in [2.45, 2.75) is 57.3 Å². The molecule has 5 atom stereocenters. The van der Waals surface area contributed by atoms with Gasteiger partial charge in [0.1, 0.15) is 0 Å². The maximum Gasteiger partial charge on any atom is 0.235 e. The minimum absolute atomic E-state index is 0. The Morgan fingerprint density at radius 2 is 1.63 bits per heavy atom. The molecule has 0 spiro atoms. The molecule has 0 aromatic heterocycles. The highest BCUT2D eigenvalue weighted by Gasteiger charge is 2.62. The van der Waals surface area contributed by atoms with Gasteiger partial charge in [-0.25, -0.2) is 0 Å². The van der Waals surface area contributed by atoms with E-state index in [2.05, 4.69) is 31.3 Å². The van der Waals surface area contributed by atoms with Gasteiger partial charge in [-0.3, -0.25) is 19.3 Å². The second kappa shape index (κ2) is 9.04. The summed E-state index contributed by atoms with van der Waals surface area (Å²) in [6, 6.07) is 7.79. The van der Waals surface area contributed by atoms with E-state index in [0.717, 1.165) is 18.4 Å². The molecular formula is C22H30ClN3O4. The van der Waals surface area contributed by atoms with Crippen LogP contribution in [0.3, 0.4) is 0 Å². The van der Waals surface area contributed by atoms with Crippen molar-refractivity contribution >= 4 is 30.1 Å². The lowest BCUT2D eigenvalue weighted by atomic mass is 9.81.